The molecule has 156 valence electrons. The second-order valence-electron chi connectivity index (χ2n) is 7.39. The molecule has 1 unspecified atom stereocenters. The molecule has 1 aliphatic rings. The predicted molar refractivity (Wildman–Crippen MR) is 114 cm³/mol. The molecule has 1 atom stereocenters. The molecule has 0 bridgehead atoms. The van der Waals surface area contributed by atoms with Crippen molar-refractivity contribution in [3.63, 3.8) is 0 Å². The lowest BCUT2D eigenvalue weighted by Gasteiger charge is -2.27. The molecule has 0 aliphatic carbocycles. The standard InChI is InChI=1S/C23H31N3O3/c1-18(21-6-4-5-7-22(21)28-3)25(2)23(27)24-16-19-8-10-20(11-9-19)17-26-12-14-29-15-13-26/h4-11,18H,12-17H2,1-3H3,(H,24,27). The summed E-state index contributed by atoms with van der Waals surface area (Å²) < 4.78 is 10.8. The number of carbonyl (C=O) groups excluding carboxylic acids is 1. The molecule has 1 N–H and O–H groups in total. The first-order valence-corrected chi connectivity index (χ1v) is 10.1. The topological polar surface area (TPSA) is 54.0 Å². The maximum atomic E-state index is 12.6. The quantitative estimate of drug-likeness (QED) is 0.778. The number of benzene rings is 2. The summed E-state index contributed by atoms with van der Waals surface area (Å²) in [6.07, 6.45) is 0. The van der Waals surface area contributed by atoms with E-state index in [1.165, 1.54) is 5.56 Å². The Morgan fingerprint density at radius 1 is 1.14 bits per heavy atom. The Kier molecular flexibility index (Phi) is 7.49. The van der Waals surface area contributed by atoms with Crippen LogP contribution in [0.2, 0.25) is 0 Å². The Balaban J connectivity index is 1.51. The predicted octanol–water partition coefficient (Wildman–Crippen LogP) is 3.43. The molecule has 6 heteroatoms. The normalized spacial score (nSPS) is 15.6. The maximum absolute atomic E-state index is 12.6. The molecular formula is C23H31N3O3. The zero-order valence-electron chi connectivity index (χ0n) is 17.6. The highest BCUT2D eigenvalue weighted by molar-refractivity contribution is 5.74. The first-order chi connectivity index (χ1) is 14.1. The SMILES string of the molecule is COc1ccccc1C(C)N(C)C(=O)NCc1ccc(CN2CCOCC2)cc1. The molecule has 6 nitrogen and oxygen atoms in total. The Hall–Kier alpha value is -2.57. The van der Waals surface area contributed by atoms with Gasteiger partial charge in [0, 0.05) is 38.8 Å². The highest BCUT2D eigenvalue weighted by Crippen LogP contribution is 2.28. The minimum Gasteiger partial charge on any atom is -0.496 e. The number of hydrogen-bond donors (Lipinski definition) is 1. The van der Waals surface area contributed by atoms with Gasteiger partial charge >= 0.3 is 6.03 Å². The number of morpholine rings is 1. The van der Waals surface area contributed by atoms with E-state index in [2.05, 4.69) is 34.5 Å². The fraction of sp³-hybridized carbons (Fsp3) is 0.435. The van der Waals surface area contributed by atoms with Crippen molar-refractivity contribution in [3.8, 4) is 5.75 Å². The van der Waals surface area contributed by atoms with Crippen molar-refractivity contribution in [1.29, 1.82) is 0 Å². The van der Waals surface area contributed by atoms with Gasteiger partial charge < -0.3 is 19.7 Å². The first-order valence-electron chi connectivity index (χ1n) is 10.1. The van der Waals surface area contributed by atoms with Gasteiger partial charge in [0.2, 0.25) is 0 Å². The lowest BCUT2D eigenvalue weighted by atomic mass is 10.1. The van der Waals surface area contributed by atoms with E-state index >= 15 is 0 Å². The molecule has 2 amide bonds. The number of methoxy groups -OCH3 is 1. The number of ether oxygens (including phenoxy) is 2. The lowest BCUT2D eigenvalue weighted by molar-refractivity contribution is 0.0342. The average Bonchev–Trinajstić information content (AvgIpc) is 2.78. The number of para-hydroxylation sites is 1. The van der Waals surface area contributed by atoms with Crippen molar-refractivity contribution in [2.45, 2.75) is 26.1 Å². The smallest absolute Gasteiger partial charge is 0.317 e. The fourth-order valence-electron chi connectivity index (χ4n) is 3.48. The number of rotatable bonds is 7. The Morgan fingerprint density at radius 3 is 2.48 bits per heavy atom. The number of nitrogens with zero attached hydrogens (tertiary/aromatic N) is 2. The summed E-state index contributed by atoms with van der Waals surface area (Å²) in [5, 5.41) is 3.01. The van der Waals surface area contributed by atoms with Crippen LogP contribution in [-0.2, 0) is 17.8 Å². The van der Waals surface area contributed by atoms with Crippen LogP contribution in [0.15, 0.2) is 48.5 Å². The van der Waals surface area contributed by atoms with E-state index in [1.54, 1.807) is 19.1 Å². The van der Waals surface area contributed by atoms with E-state index in [-0.39, 0.29) is 12.1 Å². The monoisotopic (exact) mass is 397 g/mol. The highest BCUT2D eigenvalue weighted by Gasteiger charge is 2.20. The summed E-state index contributed by atoms with van der Waals surface area (Å²) in [4.78, 5) is 16.7. The average molecular weight is 398 g/mol. The van der Waals surface area contributed by atoms with Crippen LogP contribution in [0, 0.1) is 0 Å². The largest absolute Gasteiger partial charge is 0.496 e. The van der Waals surface area contributed by atoms with Crippen molar-refractivity contribution >= 4 is 6.03 Å². The molecule has 0 aromatic heterocycles. The molecule has 1 aliphatic heterocycles. The van der Waals surface area contributed by atoms with Gasteiger partial charge in [-0.1, -0.05) is 42.5 Å². The zero-order chi connectivity index (χ0) is 20.6. The lowest BCUT2D eigenvalue weighted by Crippen LogP contribution is -2.38. The Labute approximate surface area is 173 Å². The van der Waals surface area contributed by atoms with Crippen LogP contribution in [-0.4, -0.2) is 56.3 Å². The second kappa shape index (κ2) is 10.3. The third kappa shape index (κ3) is 5.71. The number of nitrogens with one attached hydrogen (secondary N) is 1. The minimum absolute atomic E-state index is 0.0953. The summed E-state index contributed by atoms with van der Waals surface area (Å²) >= 11 is 0. The van der Waals surface area contributed by atoms with Crippen molar-refractivity contribution in [2.75, 3.05) is 40.5 Å². The van der Waals surface area contributed by atoms with Crippen molar-refractivity contribution < 1.29 is 14.3 Å². The molecule has 1 fully saturated rings. The van der Waals surface area contributed by atoms with E-state index in [9.17, 15) is 4.79 Å². The molecule has 2 aromatic rings. The van der Waals surface area contributed by atoms with Crippen LogP contribution in [0.25, 0.3) is 0 Å². The summed E-state index contributed by atoms with van der Waals surface area (Å²) in [5.41, 5.74) is 3.35. The van der Waals surface area contributed by atoms with Gasteiger partial charge in [0.25, 0.3) is 0 Å². The van der Waals surface area contributed by atoms with E-state index in [1.807, 2.05) is 31.2 Å². The molecule has 2 aromatic carbocycles. The molecule has 0 saturated carbocycles. The van der Waals surface area contributed by atoms with E-state index in [0.717, 1.165) is 49.7 Å². The Morgan fingerprint density at radius 2 is 1.79 bits per heavy atom. The second-order valence-corrected chi connectivity index (χ2v) is 7.39. The van der Waals surface area contributed by atoms with Crippen LogP contribution >= 0.6 is 0 Å². The van der Waals surface area contributed by atoms with Crippen LogP contribution in [0.5, 0.6) is 5.75 Å². The van der Waals surface area contributed by atoms with Crippen LogP contribution < -0.4 is 10.1 Å². The van der Waals surface area contributed by atoms with E-state index in [4.69, 9.17) is 9.47 Å². The summed E-state index contributed by atoms with van der Waals surface area (Å²) in [6.45, 7) is 7.02. The van der Waals surface area contributed by atoms with Crippen LogP contribution in [0.1, 0.15) is 29.7 Å². The number of carbonyl (C=O) groups is 1. The summed E-state index contributed by atoms with van der Waals surface area (Å²) in [6, 6.07) is 16.0. The third-order valence-electron chi connectivity index (χ3n) is 5.47. The molecule has 1 heterocycles. The van der Waals surface area contributed by atoms with Gasteiger partial charge in [-0.25, -0.2) is 4.79 Å². The molecule has 3 rings (SSSR count). The first kappa shape index (κ1) is 21.1. The van der Waals surface area contributed by atoms with Crippen molar-refractivity contribution in [2.24, 2.45) is 0 Å². The van der Waals surface area contributed by atoms with Crippen LogP contribution in [0.4, 0.5) is 4.79 Å². The zero-order valence-corrected chi connectivity index (χ0v) is 17.6. The number of amides is 2. The van der Waals surface area contributed by atoms with E-state index < -0.39 is 0 Å². The molecule has 0 spiro atoms. The van der Waals surface area contributed by atoms with Gasteiger partial charge in [-0.2, -0.15) is 0 Å². The molecular weight excluding hydrogens is 366 g/mol. The van der Waals surface area contributed by atoms with Gasteiger partial charge in [0.15, 0.2) is 0 Å². The summed E-state index contributed by atoms with van der Waals surface area (Å²) in [5.74, 6) is 0.788. The number of hydrogen-bond acceptors (Lipinski definition) is 4. The molecule has 29 heavy (non-hydrogen) atoms. The third-order valence-corrected chi connectivity index (χ3v) is 5.47. The fourth-order valence-corrected chi connectivity index (χ4v) is 3.48. The van der Waals surface area contributed by atoms with Crippen LogP contribution in [0.3, 0.4) is 0 Å². The summed E-state index contributed by atoms with van der Waals surface area (Å²) in [7, 11) is 3.45. The van der Waals surface area contributed by atoms with Crippen molar-refractivity contribution in [3.05, 3.63) is 65.2 Å². The van der Waals surface area contributed by atoms with Gasteiger partial charge in [0.05, 0.1) is 26.4 Å². The maximum Gasteiger partial charge on any atom is 0.317 e. The number of urea groups is 1. The van der Waals surface area contributed by atoms with Crippen molar-refractivity contribution in [1.82, 2.24) is 15.1 Å². The van der Waals surface area contributed by atoms with E-state index in [0.29, 0.717) is 6.54 Å². The molecule has 0 radical (unpaired) electrons. The highest BCUT2D eigenvalue weighted by atomic mass is 16.5. The minimum atomic E-state index is -0.110. The van der Waals surface area contributed by atoms with Gasteiger partial charge in [-0.3, -0.25) is 4.90 Å². The van der Waals surface area contributed by atoms with Gasteiger partial charge in [0.1, 0.15) is 5.75 Å². The van der Waals surface area contributed by atoms with Gasteiger partial charge in [-0.05, 0) is 24.1 Å². The van der Waals surface area contributed by atoms with Gasteiger partial charge in [-0.15, -0.1) is 0 Å². The Bertz CT molecular complexity index is 788. The molecule has 1 saturated heterocycles.